The van der Waals surface area contributed by atoms with E-state index in [1.807, 2.05) is 6.92 Å². The summed E-state index contributed by atoms with van der Waals surface area (Å²) < 4.78 is 39.2. The summed E-state index contributed by atoms with van der Waals surface area (Å²) in [5, 5.41) is 12.6. The lowest BCUT2D eigenvalue weighted by atomic mass is 9.73. The highest BCUT2D eigenvalue weighted by Crippen LogP contribution is 2.54. The third-order valence-corrected chi connectivity index (χ3v) is 7.30. The van der Waals surface area contributed by atoms with E-state index in [4.69, 9.17) is 5.11 Å². The molecule has 160 valence electrons. The van der Waals surface area contributed by atoms with Crippen LogP contribution in [-0.2, 0) is 23.9 Å². The first-order valence-electron chi connectivity index (χ1n) is 10.4. The number of hydrogen-bond acceptors (Lipinski definition) is 4. The minimum atomic E-state index is -4.43. The molecular weight excluding hydrogens is 383 g/mol. The van der Waals surface area contributed by atoms with Gasteiger partial charge in [-0.3, -0.25) is 9.78 Å². The van der Waals surface area contributed by atoms with Crippen molar-refractivity contribution >= 4 is 5.91 Å². The smallest absolute Gasteiger partial charge is 0.396 e. The third-order valence-electron chi connectivity index (χ3n) is 7.30. The van der Waals surface area contributed by atoms with Gasteiger partial charge in [-0.2, -0.15) is 13.2 Å². The molecular formula is C21H28F3N3O2. The average molecular weight is 411 g/mol. The molecule has 2 fully saturated rings. The fraction of sp³-hybridized carbons (Fsp3) is 0.714. The highest BCUT2D eigenvalue weighted by Gasteiger charge is 2.60. The Hall–Kier alpha value is -1.67. The number of aromatic nitrogens is 1. The van der Waals surface area contributed by atoms with Gasteiger partial charge in [0.15, 0.2) is 0 Å². The van der Waals surface area contributed by atoms with Gasteiger partial charge >= 0.3 is 6.18 Å². The summed E-state index contributed by atoms with van der Waals surface area (Å²) in [5.41, 5.74) is -0.0129. The van der Waals surface area contributed by atoms with Crippen molar-refractivity contribution in [1.82, 2.24) is 15.2 Å². The van der Waals surface area contributed by atoms with E-state index in [2.05, 4.69) is 17.2 Å². The van der Waals surface area contributed by atoms with Crippen LogP contribution >= 0.6 is 0 Å². The number of nitrogens with zero attached hydrogens (tertiary/aromatic N) is 2. The van der Waals surface area contributed by atoms with Crippen LogP contribution < -0.4 is 5.32 Å². The summed E-state index contributed by atoms with van der Waals surface area (Å²) >= 11 is 0. The van der Waals surface area contributed by atoms with Crippen LogP contribution in [0.5, 0.6) is 0 Å². The Morgan fingerprint density at radius 3 is 2.90 bits per heavy atom. The predicted octanol–water partition coefficient (Wildman–Crippen LogP) is 2.90. The van der Waals surface area contributed by atoms with Gasteiger partial charge in [-0.25, -0.2) is 0 Å². The van der Waals surface area contributed by atoms with Gasteiger partial charge in [-0.1, -0.05) is 6.92 Å². The molecule has 1 aromatic rings. The Morgan fingerprint density at radius 1 is 1.45 bits per heavy atom. The molecule has 2 N–H and O–H groups in total. The number of alkyl halides is 3. The monoisotopic (exact) mass is 411 g/mol. The first-order chi connectivity index (χ1) is 13.7. The average Bonchev–Trinajstić information content (AvgIpc) is 3.16. The molecule has 1 amide bonds. The van der Waals surface area contributed by atoms with Gasteiger partial charge in [0.2, 0.25) is 5.91 Å². The molecule has 0 bridgehead atoms. The molecule has 1 aromatic heterocycles. The second-order valence-corrected chi connectivity index (χ2v) is 9.00. The molecule has 5 nitrogen and oxygen atoms in total. The van der Waals surface area contributed by atoms with Crippen LogP contribution in [0.1, 0.15) is 56.4 Å². The number of rotatable bonds is 4. The molecule has 1 saturated heterocycles. The quantitative estimate of drug-likeness (QED) is 0.800. The molecule has 3 unspecified atom stereocenters. The number of carbonyl (C=O) groups excluding carboxylic acids is 1. The fourth-order valence-electron chi connectivity index (χ4n) is 5.65. The lowest BCUT2D eigenvalue weighted by molar-refractivity contribution is -0.138. The Labute approximate surface area is 168 Å². The molecule has 4 rings (SSSR count). The Kier molecular flexibility index (Phi) is 5.14. The SMILES string of the molecule is CC(CCO)N[C@@H]1CC[C@@]2(C1)C(=O)N1Cc3cc(C(F)(F)F)cnc3CC1C2C. The van der Waals surface area contributed by atoms with E-state index in [1.54, 1.807) is 4.90 Å². The van der Waals surface area contributed by atoms with Crippen LogP contribution in [0.25, 0.3) is 0 Å². The normalized spacial score (nSPS) is 32.6. The van der Waals surface area contributed by atoms with Crippen molar-refractivity contribution in [3.05, 3.63) is 29.1 Å². The number of aliphatic hydroxyl groups is 1. The summed E-state index contributed by atoms with van der Waals surface area (Å²) in [5.74, 6) is 0.212. The van der Waals surface area contributed by atoms with Crippen molar-refractivity contribution in [3.8, 4) is 0 Å². The van der Waals surface area contributed by atoms with Crippen molar-refractivity contribution in [2.45, 2.75) is 76.8 Å². The summed E-state index contributed by atoms with van der Waals surface area (Å²) in [7, 11) is 0. The van der Waals surface area contributed by atoms with Gasteiger partial charge in [-0.05, 0) is 50.2 Å². The molecule has 1 spiro atoms. The van der Waals surface area contributed by atoms with E-state index in [-0.39, 0.29) is 43.1 Å². The van der Waals surface area contributed by atoms with E-state index >= 15 is 0 Å². The van der Waals surface area contributed by atoms with Crippen LogP contribution in [0.3, 0.4) is 0 Å². The van der Waals surface area contributed by atoms with Gasteiger partial charge in [0, 0.05) is 49.6 Å². The molecule has 1 aliphatic carbocycles. The zero-order valence-electron chi connectivity index (χ0n) is 16.8. The Bertz CT molecular complexity index is 800. The number of hydrogen-bond donors (Lipinski definition) is 2. The van der Waals surface area contributed by atoms with Crippen LogP contribution in [-0.4, -0.2) is 45.6 Å². The van der Waals surface area contributed by atoms with Crippen molar-refractivity contribution in [3.63, 3.8) is 0 Å². The van der Waals surface area contributed by atoms with E-state index in [1.165, 1.54) is 0 Å². The van der Waals surface area contributed by atoms with E-state index in [9.17, 15) is 18.0 Å². The van der Waals surface area contributed by atoms with E-state index in [0.717, 1.165) is 31.5 Å². The van der Waals surface area contributed by atoms with Gasteiger partial charge in [-0.15, -0.1) is 0 Å². The molecule has 3 aliphatic rings. The minimum Gasteiger partial charge on any atom is -0.396 e. The largest absolute Gasteiger partial charge is 0.417 e. The minimum absolute atomic E-state index is 0.00662. The number of fused-ring (bicyclic) bond motifs is 2. The lowest BCUT2D eigenvalue weighted by Crippen LogP contribution is -2.41. The Balaban J connectivity index is 1.54. The first kappa shape index (κ1) is 20.6. The number of pyridine rings is 1. The number of carbonyl (C=O) groups is 1. The maximum Gasteiger partial charge on any atom is 0.417 e. The second-order valence-electron chi connectivity index (χ2n) is 9.00. The summed E-state index contributed by atoms with van der Waals surface area (Å²) in [6, 6.07) is 1.55. The molecule has 0 radical (unpaired) electrons. The van der Waals surface area contributed by atoms with Gasteiger partial charge < -0.3 is 15.3 Å². The number of nitrogens with one attached hydrogen (secondary N) is 1. The molecule has 2 aliphatic heterocycles. The number of amides is 1. The fourth-order valence-corrected chi connectivity index (χ4v) is 5.65. The van der Waals surface area contributed by atoms with Crippen LogP contribution in [0.2, 0.25) is 0 Å². The van der Waals surface area contributed by atoms with Crippen molar-refractivity contribution in [2.75, 3.05) is 6.61 Å². The van der Waals surface area contributed by atoms with Crippen molar-refractivity contribution < 1.29 is 23.1 Å². The predicted molar refractivity (Wildman–Crippen MR) is 101 cm³/mol. The van der Waals surface area contributed by atoms with Crippen LogP contribution in [0, 0.1) is 11.3 Å². The molecule has 1 saturated carbocycles. The highest BCUT2D eigenvalue weighted by atomic mass is 19.4. The van der Waals surface area contributed by atoms with Crippen molar-refractivity contribution in [2.24, 2.45) is 11.3 Å². The van der Waals surface area contributed by atoms with E-state index in [0.29, 0.717) is 24.1 Å². The Morgan fingerprint density at radius 2 is 2.21 bits per heavy atom. The topological polar surface area (TPSA) is 65.5 Å². The first-order valence-corrected chi connectivity index (χ1v) is 10.4. The van der Waals surface area contributed by atoms with Crippen molar-refractivity contribution in [1.29, 1.82) is 0 Å². The zero-order valence-corrected chi connectivity index (χ0v) is 16.8. The van der Waals surface area contributed by atoms with E-state index < -0.39 is 17.2 Å². The standard InChI is InChI=1S/C21H28F3N3O2/c1-12(4-6-28)26-16-3-5-20(9-16)13(2)18-8-17-14(11-27(18)19(20)29)7-15(10-25-17)21(22,23)24/h7,10,12-13,16,18,26,28H,3-6,8-9,11H2,1-2H3/t12?,13?,16-,18?,20+/m1/s1. The van der Waals surface area contributed by atoms with Gasteiger partial charge in [0.05, 0.1) is 11.0 Å². The zero-order chi connectivity index (χ0) is 21.0. The van der Waals surface area contributed by atoms with Gasteiger partial charge in [0.25, 0.3) is 0 Å². The number of halogens is 3. The third kappa shape index (κ3) is 3.44. The van der Waals surface area contributed by atoms with Crippen LogP contribution in [0.4, 0.5) is 13.2 Å². The molecule has 29 heavy (non-hydrogen) atoms. The summed E-state index contributed by atoms with van der Waals surface area (Å²) in [6.07, 6.45) is 0.0947. The molecule has 0 aromatic carbocycles. The van der Waals surface area contributed by atoms with Crippen LogP contribution in [0.15, 0.2) is 12.3 Å². The molecule has 8 heteroatoms. The summed E-state index contributed by atoms with van der Waals surface area (Å²) in [6.45, 7) is 4.48. The number of aliphatic hydroxyl groups excluding tert-OH is 1. The maximum absolute atomic E-state index is 13.4. The molecule has 3 heterocycles. The van der Waals surface area contributed by atoms with Gasteiger partial charge in [0.1, 0.15) is 0 Å². The molecule has 5 atom stereocenters. The summed E-state index contributed by atoms with van der Waals surface area (Å²) in [4.78, 5) is 19.3. The highest BCUT2D eigenvalue weighted by molar-refractivity contribution is 5.87. The second kappa shape index (κ2) is 7.23. The maximum atomic E-state index is 13.4. The lowest BCUT2D eigenvalue weighted by Gasteiger charge is -2.33.